The van der Waals surface area contributed by atoms with Crippen LogP contribution < -0.4 is 4.74 Å². The molecular weight excluding hydrogens is 400 g/mol. The highest BCUT2D eigenvalue weighted by molar-refractivity contribution is 5.53. The van der Waals surface area contributed by atoms with Crippen molar-refractivity contribution in [2.45, 2.75) is 19.6 Å². The van der Waals surface area contributed by atoms with Gasteiger partial charge >= 0.3 is 0 Å². The molecule has 4 aromatic rings. The summed E-state index contributed by atoms with van der Waals surface area (Å²) >= 11 is 0. The highest BCUT2D eigenvalue weighted by Crippen LogP contribution is 2.23. The fourth-order valence-electron chi connectivity index (χ4n) is 4.37. The first-order chi connectivity index (χ1) is 15.8. The second-order valence-corrected chi connectivity index (χ2v) is 8.29. The number of ether oxygens (including phenoxy) is 2. The van der Waals surface area contributed by atoms with E-state index >= 15 is 0 Å². The summed E-state index contributed by atoms with van der Waals surface area (Å²) in [6.45, 7) is 4.76. The van der Waals surface area contributed by atoms with Crippen LogP contribution in [0.25, 0.3) is 5.52 Å². The summed E-state index contributed by atoms with van der Waals surface area (Å²) in [5.74, 6) is 1.35. The Hall–Kier alpha value is -3.22. The molecule has 3 aromatic heterocycles. The zero-order chi connectivity index (χ0) is 21.6. The van der Waals surface area contributed by atoms with Crippen molar-refractivity contribution in [3.8, 4) is 5.75 Å². The topological polar surface area (TPSA) is 51.9 Å². The lowest BCUT2D eigenvalue weighted by atomic mass is 9.99. The Morgan fingerprint density at radius 1 is 0.969 bits per heavy atom. The van der Waals surface area contributed by atoms with Gasteiger partial charge in [-0.15, -0.1) is 0 Å². The van der Waals surface area contributed by atoms with Crippen molar-refractivity contribution in [3.63, 3.8) is 0 Å². The monoisotopic (exact) mass is 428 g/mol. The number of pyridine rings is 2. The van der Waals surface area contributed by atoms with Gasteiger partial charge in [0.1, 0.15) is 12.4 Å². The van der Waals surface area contributed by atoms with Crippen LogP contribution in [0.15, 0.2) is 79.3 Å². The van der Waals surface area contributed by atoms with Crippen LogP contribution in [-0.4, -0.2) is 45.8 Å². The standard InChI is InChI=1S/C26H28N4O2/c1-2-9-26(32-20-24-8-3-4-11-27-24)23(6-1)18-29-14-15-31-19-21(17-29)16-22-7-5-13-30-25(22)10-12-28-30/h1-13,21H,14-20H2/t21-/m1/s1. The molecule has 0 saturated carbocycles. The highest BCUT2D eigenvalue weighted by Gasteiger charge is 2.21. The SMILES string of the molecule is c1ccc(COc2ccccc2CN2CCOC[C@H](Cc3cccn4nccc34)C2)nc1. The van der Waals surface area contributed by atoms with Gasteiger partial charge in [-0.2, -0.15) is 5.10 Å². The molecule has 164 valence electrons. The predicted molar refractivity (Wildman–Crippen MR) is 123 cm³/mol. The molecule has 0 aliphatic carbocycles. The third kappa shape index (κ3) is 4.98. The molecule has 6 nitrogen and oxygen atoms in total. The van der Waals surface area contributed by atoms with Crippen molar-refractivity contribution in [3.05, 3.63) is 96.1 Å². The second-order valence-electron chi connectivity index (χ2n) is 8.29. The lowest BCUT2D eigenvalue weighted by Gasteiger charge is -2.24. The fourth-order valence-corrected chi connectivity index (χ4v) is 4.37. The van der Waals surface area contributed by atoms with E-state index in [1.54, 1.807) is 6.20 Å². The Balaban J connectivity index is 1.26. The number of rotatable bonds is 7. The number of nitrogens with zero attached hydrogens (tertiary/aromatic N) is 4. The van der Waals surface area contributed by atoms with Crippen LogP contribution >= 0.6 is 0 Å². The lowest BCUT2D eigenvalue weighted by Crippen LogP contribution is -2.30. The number of aromatic nitrogens is 3. The van der Waals surface area contributed by atoms with Crippen molar-refractivity contribution in [2.75, 3.05) is 26.3 Å². The number of fused-ring (bicyclic) bond motifs is 1. The fraction of sp³-hybridized carbons (Fsp3) is 0.308. The zero-order valence-corrected chi connectivity index (χ0v) is 18.1. The second kappa shape index (κ2) is 9.94. The van der Waals surface area contributed by atoms with Crippen molar-refractivity contribution >= 4 is 5.52 Å². The van der Waals surface area contributed by atoms with Crippen molar-refractivity contribution in [1.82, 2.24) is 19.5 Å². The van der Waals surface area contributed by atoms with E-state index in [4.69, 9.17) is 9.47 Å². The predicted octanol–water partition coefficient (Wildman–Crippen LogP) is 4.00. The molecule has 0 spiro atoms. The quantitative estimate of drug-likeness (QED) is 0.445. The summed E-state index contributed by atoms with van der Waals surface area (Å²) in [5, 5.41) is 4.37. The highest BCUT2D eigenvalue weighted by atomic mass is 16.5. The number of hydrogen-bond donors (Lipinski definition) is 0. The molecule has 1 saturated heterocycles. The Labute approximate surface area is 188 Å². The van der Waals surface area contributed by atoms with Gasteiger partial charge in [0.05, 0.1) is 24.4 Å². The first-order valence-electron chi connectivity index (χ1n) is 11.2. The molecule has 1 fully saturated rings. The van der Waals surface area contributed by atoms with Crippen LogP contribution in [0.4, 0.5) is 0 Å². The molecule has 0 radical (unpaired) electrons. The molecule has 5 rings (SSSR count). The Morgan fingerprint density at radius 2 is 1.88 bits per heavy atom. The summed E-state index contributed by atoms with van der Waals surface area (Å²) in [6.07, 6.45) is 6.63. The minimum absolute atomic E-state index is 0.431. The largest absolute Gasteiger partial charge is 0.487 e. The summed E-state index contributed by atoms with van der Waals surface area (Å²) < 4.78 is 14.0. The minimum Gasteiger partial charge on any atom is -0.487 e. The molecular formula is C26H28N4O2. The van der Waals surface area contributed by atoms with Gasteiger partial charge in [-0.05, 0) is 48.2 Å². The molecule has 1 aliphatic heterocycles. The molecule has 0 bridgehead atoms. The minimum atomic E-state index is 0.431. The first kappa shape index (κ1) is 20.7. The summed E-state index contributed by atoms with van der Waals surface area (Å²) in [6, 6.07) is 20.5. The van der Waals surface area contributed by atoms with E-state index in [1.807, 2.05) is 47.2 Å². The van der Waals surface area contributed by atoms with Gasteiger partial charge in [-0.25, -0.2) is 4.52 Å². The summed E-state index contributed by atoms with van der Waals surface area (Å²) in [7, 11) is 0. The van der Waals surface area contributed by atoms with Gasteiger partial charge in [0, 0.05) is 43.8 Å². The van der Waals surface area contributed by atoms with E-state index in [2.05, 4.69) is 45.3 Å². The third-order valence-electron chi connectivity index (χ3n) is 5.92. The van der Waals surface area contributed by atoms with E-state index in [-0.39, 0.29) is 0 Å². The van der Waals surface area contributed by atoms with Crippen LogP contribution in [0, 0.1) is 5.92 Å². The maximum absolute atomic E-state index is 6.13. The molecule has 1 aromatic carbocycles. The Morgan fingerprint density at radius 3 is 2.81 bits per heavy atom. The summed E-state index contributed by atoms with van der Waals surface area (Å²) in [4.78, 5) is 6.84. The van der Waals surface area contributed by atoms with E-state index in [0.717, 1.165) is 50.7 Å². The molecule has 1 aliphatic rings. The molecule has 1 atom stereocenters. The van der Waals surface area contributed by atoms with Gasteiger partial charge in [-0.1, -0.05) is 30.3 Å². The van der Waals surface area contributed by atoms with Crippen LogP contribution in [0.3, 0.4) is 0 Å². The number of para-hydroxylation sites is 1. The van der Waals surface area contributed by atoms with Gasteiger partial charge < -0.3 is 9.47 Å². The lowest BCUT2D eigenvalue weighted by molar-refractivity contribution is 0.121. The maximum Gasteiger partial charge on any atom is 0.130 e. The molecule has 4 heterocycles. The van der Waals surface area contributed by atoms with Gasteiger partial charge in [0.15, 0.2) is 0 Å². The molecule has 0 amide bonds. The smallest absolute Gasteiger partial charge is 0.130 e. The number of benzene rings is 1. The van der Waals surface area contributed by atoms with E-state index in [0.29, 0.717) is 12.5 Å². The number of hydrogen-bond acceptors (Lipinski definition) is 5. The van der Waals surface area contributed by atoms with E-state index < -0.39 is 0 Å². The van der Waals surface area contributed by atoms with Crippen molar-refractivity contribution in [2.24, 2.45) is 5.92 Å². The van der Waals surface area contributed by atoms with Gasteiger partial charge in [0.25, 0.3) is 0 Å². The normalized spacial score (nSPS) is 17.3. The van der Waals surface area contributed by atoms with Gasteiger partial charge in [-0.3, -0.25) is 9.88 Å². The molecule has 0 N–H and O–H groups in total. The van der Waals surface area contributed by atoms with Crippen molar-refractivity contribution < 1.29 is 9.47 Å². The Kier molecular flexibility index (Phi) is 6.42. The maximum atomic E-state index is 6.13. The van der Waals surface area contributed by atoms with Gasteiger partial charge in [0.2, 0.25) is 0 Å². The molecule has 6 heteroatoms. The first-order valence-corrected chi connectivity index (χ1v) is 11.2. The van der Waals surface area contributed by atoms with Crippen molar-refractivity contribution in [1.29, 1.82) is 0 Å². The molecule has 32 heavy (non-hydrogen) atoms. The van der Waals surface area contributed by atoms with Crippen LogP contribution in [0.2, 0.25) is 0 Å². The zero-order valence-electron chi connectivity index (χ0n) is 18.1. The average Bonchev–Trinajstić information content (AvgIpc) is 3.21. The third-order valence-corrected chi connectivity index (χ3v) is 5.92. The Bertz CT molecular complexity index is 1140. The average molecular weight is 429 g/mol. The summed E-state index contributed by atoms with van der Waals surface area (Å²) in [5.41, 5.74) is 4.62. The van der Waals surface area contributed by atoms with Crippen LogP contribution in [-0.2, 0) is 24.3 Å². The van der Waals surface area contributed by atoms with Crippen LogP contribution in [0.1, 0.15) is 16.8 Å². The molecule has 0 unspecified atom stereocenters. The van der Waals surface area contributed by atoms with Crippen LogP contribution in [0.5, 0.6) is 5.75 Å². The van der Waals surface area contributed by atoms with E-state index in [1.165, 1.54) is 16.6 Å². The van der Waals surface area contributed by atoms with E-state index in [9.17, 15) is 0 Å².